The Balaban J connectivity index is 1.66. The Morgan fingerprint density at radius 2 is 1.81 bits per heavy atom. The van der Waals surface area contributed by atoms with E-state index in [-0.39, 0.29) is 16.9 Å². The highest BCUT2D eigenvalue weighted by molar-refractivity contribution is 6.31. The van der Waals surface area contributed by atoms with Crippen molar-refractivity contribution in [3.63, 3.8) is 0 Å². The molecule has 36 heavy (non-hydrogen) atoms. The number of nitrogens with zero attached hydrogens (tertiary/aromatic N) is 1. The quantitative estimate of drug-likeness (QED) is 0.321. The smallest absolute Gasteiger partial charge is 0.294 e. The van der Waals surface area contributed by atoms with Crippen LogP contribution in [0.4, 0.5) is 10.1 Å². The van der Waals surface area contributed by atoms with Gasteiger partial charge < -0.3 is 19.0 Å². The van der Waals surface area contributed by atoms with Gasteiger partial charge in [-0.3, -0.25) is 14.5 Å². The second-order valence-electron chi connectivity index (χ2n) is 8.06. The molecule has 1 aliphatic heterocycles. The fraction of sp³-hybridized carbons (Fsp3) is 0.111. The van der Waals surface area contributed by atoms with E-state index in [9.17, 15) is 19.1 Å². The largest absolute Gasteiger partial charge is 0.503 e. The first-order chi connectivity index (χ1) is 17.3. The molecule has 1 aliphatic rings. The first-order valence-electron chi connectivity index (χ1n) is 10.8. The Labute approximate surface area is 209 Å². The van der Waals surface area contributed by atoms with Gasteiger partial charge in [-0.1, -0.05) is 29.8 Å². The maximum Gasteiger partial charge on any atom is 0.294 e. The summed E-state index contributed by atoms with van der Waals surface area (Å²) in [4.78, 5) is 28.3. The number of carbonyl (C=O) groups is 2. The molecule has 0 bridgehead atoms. The molecule has 182 valence electrons. The van der Waals surface area contributed by atoms with E-state index in [2.05, 4.69) is 0 Å². The molecule has 1 N–H and O–H groups in total. The van der Waals surface area contributed by atoms with Crippen LogP contribution in [-0.4, -0.2) is 31.0 Å². The Morgan fingerprint density at radius 3 is 2.50 bits per heavy atom. The third kappa shape index (κ3) is 3.85. The predicted octanol–water partition coefficient (Wildman–Crippen LogP) is 6.03. The van der Waals surface area contributed by atoms with Crippen LogP contribution in [0.15, 0.2) is 82.5 Å². The van der Waals surface area contributed by atoms with Crippen molar-refractivity contribution in [1.82, 2.24) is 0 Å². The first kappa shape index (κ1) is 23.4. The van der Waals surface area contributed by atoms with Crippen LogP contribution in [-0.2, 0) is 4.79 Å². The zero-order valence-corrected chi connectivity index (χ0v) is 19.9. The normalized spacial score (nSPS) is 15.6. The van der Waals surface area contributed by atoms with Crippen molar-refractivity contribution in [2.24, 2.45) is 0 Å². The molecule has 0 saturated carbocycles. The van der Waals surface area contributed by atoms with E-state index in [1.807, 2.05) is 0 Å². The number of carbonyl (C=O) groups excluding carboxylic acids is 2. The second-order valence-corrected chi connectivity index (χ2v) is 8.50. The summed E-state index contributed by atoms with van der Waals surface area (Å²) in [6.07, 6.45) is 0. The zero-order chi connectivity index (χ0) is 25.6. The molecule has 3 aromatic carbocycles. The first-order valence-corrected chi connectivity index (χ1v) is 11.2. The number of hydrogen-bond acceptors (Lipinski definition) is 6. The molecule has 9 heteroatoms. The number of hydrogen-bond donors (Lipinski definition) is 1. The lowest BCUT2D eigenvalue weighted by Crippen LogP contribution is -2.31. The number of amides is 1. The lowest BCUT2D eigenvalue weighted by molar-refractivity contribution is -0.117. The lowest BCUT2D eigenvalue weighted by atomic mass is 9.94. The van der Waals surface area contributed by atoms with E-state index in [1.165, 1.54) is 49.5 Å². The number of aliphatic hydroxyl groups excluding tert-OH is 1. The minimum Gasteiger partial charge on any atom is -0.503 e. The molecule has 7 nitrogen and oxygen atoms in total. The fourth-order valence-electron chi connectivity index (χ4n) is 4.31. The molecule has 0 aliphatic carbocycles. The molecule has 2 heterocycles. The van der Waals surface area contributed by atoms with Crippen molar-refractivity contribution in [3.05, 3.63) is 100 Å². The predicted molar refractivity (Wildman–Crippen MR) is 131 cm³/mol. The summed E-state index contributed by atoms with van der Waals surface area (Å²) in [5, 5.41) is 11.8. The van der Waals surface area contributed by atoms with Crippen molar-refractivity contribution in [3.8, 4) is 11.5 Å². The molecular weight excluding hydrogens is 489 g/mol. The molecule has 1 amide bonds. The van der Waals surface area contributed by atoms with Crippen LogP contribution >= 0.6 is 11.6 Å². The monoisotopic (exact) mass is 507 g/mol. The third-order valence-corrected chi connectivity index (χ3v) is 6.18. The van der Waals surface area contributed by atoms with E-state index in [0.717, 1.165) is 0 Å². The molecule has 1 atom stereocenters. The van der Waals surface area contributed by atoms with Crippen LogP contribution in [0, 0.1) is 5.82 Å². The molecule has 0 radical (unpaired) electrons. The maximum absolute atomic E-state index is 13.7. The Kier molecular flexibility index (Phi) is 5.89. The van der Waals surface area contributed by atoms with Crippen molar-refractivity contribution in [2.45, 2.75) is 6.04 Å². The average Bonchev–Trinajstić information content (AvgIpc) is 3.42. The van der Waals surface area contributed by atoms with Gasteiger partial charge in [0, 0.05) is 28.2 Å². The van der Waals surface area contributed by atoms with Crippen LogP contribution in [0.5, 0.6) is 11.5 Å². The van der Waals surface area contributed by atoms with Gasteiger partial charge in [-0.25, -0.2) is 4.39 Å². The van der Waals surface area contributed by atoms with Crippen LogP contribution in [0.2, 0.25) is 5.02 Å². The maximum atomic E-state index is 13.7. The highest BCUT2D eigenvalue weighted by Crippen LogP contribution is 2.43. The Hall–Kier alpha value is -4.30. The lowest BCUT2D eigenvalue weighted by Gasteiger charge is -2.27. The second kappa shape index (κ2) is 9.05. The van der Waals surface area contributed by atoms with E-state index < -0.39 is 29.3 Å². The van der Waals surface area contributed by atoms with Gasteiger partial charge in [0.2, 0.25) is 5.78 Å². The summed E-state index contributed by atoms with van der Waals surface area (Å²) in [5.41, 5.74) is 0.869. The van der Waals surface area contributed by atoms with Gasteiger partial charge in [0.25, 0.3) is 5.91 Å². The summed E-state index contributed by atoms with van der Waals surface area (Å²) in [6, 6.07) is 15.5. The standard InChI is InChI=1S/C27H19ClFNO6/c1-34-19-5-3-4-18(13-19)30-23(14-6-8-17(29)9-7-14)22(25(32)27(30)33)24(31)20-11-15-10-16(28)12-21(35-2)26(15)36-20/h3-13,23,32H,1-2H3. The average molecular weight is 508 g/mol. The van der Waals surface area contributed by atoms with Crippen molar-refractivity contribution in [2.75, 3.05) is 19.1 Å². The number of fused-ring (bicyclic) bond motifs is 1. The molecule has 0 spiro atoms. The number of benzene rings is 3. The highest BCUT2D eigenvalue weighted by atomic mass is 35.5. The number of Topliss-reactive ketones (excluding diaryl/α,β-unsaturated/α-hetero) is 1. The van der Waals surface area contributed by atoms with E-state index >= 15 is 0 Å². The van der Waals surface area contributed by atoms with Gasteiger partial charge in [-0.2, -0.15) is 0 Å². The number of methoxy groups -OCH3 is 2. The van der Waals surface area contributed by atoms with Crippen molar-refractivity contribution >= 4 is 39.9 Å². The van der Waals surface area contributed by atoms with Crippen molar-refractivity contribution in [1.29, 1.82) is 0 Å². The molecule has 0 fully saturated rings. The zero-order valence-electron chi connectivity index (χ0n) is 19.1. The molecule has 0 saturated heterocycles. The summed E-state index contributed by atoms with van der Waals surface area (Å²) in [5.74, 6) is -2.06. The number of ketones is 1. The van der Waals surface area contributed by atoms with Gasteiger partial charge >= 0.3 is 0 Å². The number of aliphatic hydroxyl groups is 1. The molecule has 5 rings (SSSR count). The minimum atomic E-state index is -1.06. The van der Waals surface area contributed by atoms with Crippen LogP contribution < -0.4 is 14.4 Å². The number of ether oxygens (including phenoxy) is 2. The summed E-state index contributed by atoms with van der Waals surface area (Å²) < 4.78 is 30.1. The van der Waals surface area contributed by atoms with Gasteiger partial charge in [0.15, 0.2) is 22.9 Å². The molecule has 1 aromatic heterocycles. The van der Waals surface area contributed by atoms with E-state index in [0.29, 0.717) is 33.2 Å². The van der Waals surface area contributed by atoms with Crippen LogP contribution in [0.3, 0.4) is 0 Å². The van der Waals surface area contributed by atoms with Gasteiger partial charge in [-0.15, -0.1) is 0 Å². The van der Waals surface area contributed by atoms with E-state index in [4.69, 9.17) is 25.5 Å². The van der Waals surface area contributed by atoms with E-state index in [1.54, 1.807) is 36.4 Å². The Morgan fingerprint density at radius 1 is 1.06 bits per heavy atom. The SMILES string of the molecule is COc1cccc(N2C(=O)C(O)=C(C(=O)c3cc4cc(Cl)cc(OC)c4o3)C2c2ccc(F)cc2)c1. The molecular formula is C27H19ClFNO6. The number of rotatable bonds is 6. The number of anilines is 1. The molecule has 4 aromatic rings. The number of furan rings is 1. The topological polar surface area (TPSA) is 89.2 Å². The fourth-order valence-corrected chi connectivity index (χ4v) is 4.52. The van der Waals surface area contributed by atoms with Crippen LogP contribution in [0.1, 0.15) is 22.2 Å². The van der Waals surface area contributed by atoms with Gasteiger partial charge in [0.1, 0.15) is 11.6 Å². The molecule has 1 unspecified atom stereocenters. The van der Waals surface area contributed by atoms with Crippen LogP contribution in [0.25, 0.3) is 11.0 Å². The minimum absolute atomic E-state index is 0.125. The number of halogens is 2. The van der Waals surface area contributed by atoms with Gasteiger partial charge in [-0.05, 0) is 42.0 Å². The summed E-state index contributed by atoms with van der Waals surface area (Å²) in [7, 11) is 2.92. The highest BCUT2D eigenvalue weighted by Gasteiger charge is 2.45. The van der Waals surface area contributed by atoms with Crippen molar-refractivity contribution < 1.29 is 33.0 Å². The third-order valence-electron chi connectivity index (χ3n) is 5.96. The summed E-state index contributed by atoms with van der Waals surface area (Å²) in [6.45, 7) is 0. The Bertz CT molecular complexity index is 1540. The summed E-state index contributed by atoms with van der Waals surface area (Å²) >= 11 is 6.14. The van der Waals surface area contributed by atoms with Gasteiger partial charge in [0.05, 0.1) is 25.8 Å².